The quantitative estimate of drug-likeness (QED) is 0.439. The molecule has 1 aliphatic rings. The van der Waals surface area contributed by atoms with Gasteiger partial charge in [-0.1, -0.05) is 20.8 Å². The predicted molar refractivity (Wildman–Crippen MR) is 64.2 cm³/mol. The highest BCUT2D eigenvalue weighted by Crippen LogP contribution is 2.27. The molecule has 0 radical (unpaired) electrons. The smallest absolute Gasteiger partial charge is 0.372 e. The van der Waals surface area contributed by atoms with E-state index in [1.807, 2.05) is 0 Å². The normalized spacial score (nSPS) is 20.1. The monoisotopic (exact) mass is 248 g/mol. The van der Waals surface area contributed by atoms with Crippen molar-refractivity contribution >= 4 is 8.80 Å². The first-order chi connectivity index (χ1) is 7.79. The van der Waals surface area contributed by atoms with Crippen LogP contribution in [0.4, 0.5) is 0 Å². The molecule has 0 aromatic rings. The fraction of sp³-hybridized carbons (Fsp3) is 1.00. The fourth-order valence-electron chi connectivity index (χ4n) is 1.39. The van der Waals surface area contributed by atoms with Crippen LogP contribution in [0, 0.1) is 0 Å². The van der Waals surface area contributed by atoms with Crippen LogP contribution in [0.15, 0.2) is 0 Å². The van der Waals surface area contributed by atoms with Crippen molar-refractivity contribution < 1.29 is 18.0 Å². The van der Waals surface area contributed by atoms with Crippen LogP contribution in [-0.2, 0) is 18.0 Å². The van der Waals surface area contributed by atoms with E-state index in [0.29, 0.717) is 19.8 Å². The molecule has 1 rings (SSSR count). The van der Waals surface area contributed by atoms with Gasteiger partial charge in [0, 0.05) is 19.8 Å². The van der Waals surface area contributed by atoms with E-state index in [0.717, 1.165) is 25.9 Å². The molecule has 1 unspecified atom stereocenters. The lowest BCUT2D eigenvalue weighted by Crippen LogP contribution is -2.52. The van der Waals surface area contributed by atoms with E-state index >= 15 is 0 Å². The topological polar surface area (TPSA) is 40.2 Å². The summed E-state index contributed by atoms with van der Waals surface area (Å²) in [4.78, 5) is 0. The van der Waals surface area contributed by atoms with Crippen molar-refractivity contribution in [1.29, 1.82) is 0 Å². The van der Waals surface area contributed by atoms with E-state index in [9.17, 15) is 0 Å². The van der Waals surface area contributed by atoms with Crippen molar-refractivity contribution in [3.05, 3.63) is 0 Å². The molecule has 1 heterocycles. The number of ether oxygens (including phenoxy) is 1. The molecule has 0 N–H and O–H groups in total. The minimum Gasteiger partial charge on any atom is -0.372 e. The van der Waals surface area contributed by atoms with Crippen LogP contribution in [0.25, 0.3) is 0 Å². The van der Waals surface area contributed by atoms with Gasteiger partial charge in [-0.2, -0.15) is 0 Å². The maximum absolute atomic E-state index is 5.88. The zero-order valence-electron chi connectivity index (χ0n) is 10.7. The highest BCUT2D eigenvalue weighted by Gasteiger charge is 2.57. The van der Waals surface area contributed by atoms with E-state index in [4.69, 9.17) is 18.0 Å². The van der Waals surface area contributed by atoms with Crippen molar-refractivity contribution in [2.75, 3.05) is 26.4 Å². The summed E-state index contributed by atoms with van der Waals surface area (Å²) in [6.07, 6.45) is 2.94. The molecule has 1 fully saturated rings. The molecule has 1 aliphatic heterocycles. The number of epoxide rings is 1. The average Bonchev–Trinajstić information content (AvgIpc) is 3.13. The Balaban J connectivity index is 2.52. The van der Waals surface area contributed by atoms with Crippen LogP contribution < -0.4 is 0 Å². The lowest BCUT2D eigenvalue weighted by Gasteiger charge is -2.27. The van der Waals surface area contributed by atoms with Crippen LogP contribution in [0.3, 0.4) is 0 Å². The standard InChI is InChI=1S/C11H24O4Si/c1-4-7-13-16(11-10-12-11,14-8-5-2)15-9-6-3/h11H,4-10H2,1-3H3. The Morgan fingerprint density at radius 1 is 0.938 bits per heavy atom. The highest BCUT2D eigenvalue weighted by molar-refractivity contribution is 6.63. The lowest BCUT2D eigenvalue weighted by atomic mass is 10.5. The molecule has 1 saturated heterocycles. The summed E-state index contributed by atoms with van der Waals surface area (Å²) in [5.41, 5.74) is 0.0807. The van der Waals surface area contributed by atoms with E-state index in [1.54, 1.807) is 0 Å². The Morgan fingerprint density at radius 2 is 1.31 bits per heavy atom. The Kier molecular flexibility index (Phi) is 6.53. The van der Waals surface area contributed by atoms with Crippen molar-refractivity contribution in [2.24, 2.45) is 0 Å². The van der Waals surface area contributed by atoms with Crippen molar-refractivity contribution in [3.8, 4) is 0 Å². The van der Waals surface area contributed by atoms with E-state index in [-0.39, 0.29) is 5.73 Å². The molecular weight excluding hydrogens is 224 g/mol. The van der Waals surface area contributed by atoms with Gasteiger partial charge in [-0.25, -0.2) is 0 Å². The minimum absolute atomic E-state index is 0.0807. The van der Waals surface area contributed by atoms with Gasteiger partial charge in [-0.3, -0.25) is 0 Å². The second-order valence-corrected chi connectivity index (χ2v) is 6.69. The molecule has 0 aromatic heterocycles. The van der Waals surface area contributed by atoms with E-state index in [2.05, 4.69) is 20.8 Å². The number of hydrogen-bond donors (Lipinski definition) is 0. The summed E-state index contributed by atoms with van der Waals surface area (Å²) in [5, 5.41) is 0. The van der Waals surface area contributed by atoms with Gasteiger partial charge >= 0.3 is 8.80 Å². The maximum Gasteiger partial charge on any atom is 0.533 e. The first kappa shape index (κ1) is 14.1. The Labute approximate surface area is 99.6 Å². The summed E-state index contributed by atoms with van der Waals surface area (Å²) in [5.74, 6) is 0. The second kappa shape index (κ2) is 7.40. The summed E-state index contributed by atoms with van der Waals surface area (Å²) >= 11 is 0. The lowest BCUT2D eigenvalue weighted by molar-refractivity contribution is 0.0495. The van der Waals surface area contributed by atoms with Gasteiger partial charge in [-0.15, -0.1) is 0 Å². The molecule has 0 saturated carbocycles. The van der Waals surface area contributed by atoms with E-state index < -0.39 is 8.80 Å². The zero-order chi connectivity index (χ0) is 11.9. The van der Waals surface area contributed by atoms with Gasteiger partial charge in [0.15, 0.2) is 5.73 Å². The Bertz CT molecular complexity index is 163. The van der Waals surface area contributed by atoms with Crippen LogP contribution in [0.2, 0.25) is 0 Å². The van der Waals surface area contributed by atoms with Gasteiger partial charge in [0.05, 0.1) is 6.61 Å². The van der Waals surface area contributed by atoms with Crippen molar-refractivity contribution in [3.63, 3.8) is 0 Å². The van der Waals surface area contributed by atoms with E-state index in [1.165, 1.54) is 0 Å². The summed E-state index contributed by atoms with van der Waals surface area (Å²) < 4.78 is 23.0. The van der Waals surface area contributed by atoms with Crippen LogP contribution in [0.1, 0.15) is 40.0 Å². The molecule has 0 bridgehead atoms. The second-order valence-electron chi connectivity index (χ2n) is 3.97. The van der Waals surface area contributed by atoms with Crippen LogP contribution >= 0.6 is 0 Å². The summed E-state index contributed by atoms with van der Waals surface area (Å²) in [6, 6.07) is 0. The molecule has 96 valence electrons. The average molecular weight is 248 g/mol. The third-order valence-electron chi connectivity index (χ3n) is 2.25. The Hall–Kier alpha value is 0.0569. The fourth-order valence-corrected chi connectivity index (χ4v) is 4.17. The highest BCUT2D eigenvalue weighted by atomic mass is 28.4. The predicted octanol–water partition coefficient (Wildman–Crippen LogP) is 2.14. The zero-order valence-corrected chi connectivity index (χ0v) is 11.7. The van der Waals surface area contributed by atoms with Gasteiger partial charge in [0.2, 0.25) is 0 Å². The molecule has 0 aromatic carbocycles. The molecule has 5 heteroatoms. The molecule has 1 atom stereocenters. The summed E-state index contributed by atoms with van der Waals surface area (Å²) in [7, 11) is -2.55. The van der Waals surface area contributed by atoms with Crippen molar-refractivity contribution in [1.82, 2.24) is 0 Å². The molecule has 0 spiro atoms. The Morgan fingerprint density at radius 3 is 1.56 bits per heavy atom. The van der Waals surface area contributed by atoms with Gasteiger partial charge < -0.3 is 18.0 Å². The third kappa shape index (κ3) is 4.14. The number of rotatable bonds is 10. The number of hydrogen-bond acceptors (Lipinski definition) is 4. The van der Waals surface area contributed by atoms with Crippen LogP contribution in [-0.4, -0.2) is 41.0 Å². The third-order valence-corrected chi connectivity index (χ3v) is 5.19. The minimum atomic E-state index is -2.55. The maximum atomic E-state index is 5.88. The SMILES string of the molecule is CCCO[Si](OCCC)(OCCC)C1CO1. The van der Waals surface area contributed by atoms with Crippen molar-refractivity contribution in [2.45, 2.75) is 45.8 Å². The molecular formula is C11H24O4Si. The molecule has 0 amide bonds. The first-order valence-electron chi connectivity index (χ1n) is 6.32. The molecule has 4 nitrogen and oxygen atoms in total. The van der Waals surface area contributed by atoms with Gasteiger partial charge in [-0.05, 0) is 19.3 Å². The van der Waals surface area contributed by atoms with Crippen LogP contribution in [0.5, 0.6) is 0 Å². The molecule has 0 aliphatic carbocycles. The summed E-state index contributed by atoms with van der Waals surface area (Å²) in [6.45, 7) is 9.08. The largest absolute Gasteiger partial charge is 0.533 e. The van der Waals surface area contributed by atoms with Gasteiger partial charge in [0.25, 0.3) is 0 Å². The van der Waals surface area contributed by atoms with Gasteiger partial charge in [0.1, 0.15) is 0 Å². The first-order valence-corrected chi connectivity index (χ1v) is 8.12. The molecule has 16 heavy (non-hydrogen) atoms.